The van der Waals surface area contributed by atoms with Crippen molar-refractivity contribution >= 4 is 48.7 Å². The van der Waals surface area contributed by atoms with Crippen molar-refractivity contribution in [1.29, 1.82) is 0 Å². The van der Waals surface area contributed by atoms with Crippen molar-refractivity contribution in [3.8, 4) is 10.4 Å². The molecule has 1 aromatic carbocycles. The molecule has 3 aromatic heterocycles. The molecule has 0 spiro atoms. The molecule has 5 rings (SSSR count). The van der Waals surface area contributed by atoms with Gasteiger partial charge in [0.2, 0.25) is 10.0 Å². The van der Waals surface area contributed by atoms with Crippen LogP contribution in [0.4, 0.5) is 5.82 Å². The topological polar surface area (TPSA) is 66.4 Å². The van der Waals surface area contributed by atoms with Gasteiger partial charge >= 0.3 is 0 Å². The van der Waals surface area contributed by atoms with Crippen molar-refractivity contribution in [2.45, 2.75) is 11.8 Å². The van der Waals surface area contributed by atoms with Crippen LogP contribution in [-0.2, 0) is 10.0 Å². The van der Waals surface area contributed by atoms with Crippen molar-refractivity contribution in [3.63, 3.8) is 0 Å². The van der Waals surface area contributed by atoms with Gasteiger partial charge in [0, 0.05) is 42.0 Å². The number of thiophene rings is 2. The number of piperazine rings is 1. The molecular formula is C21H20N4O2S3. The molecule has 0 aliphatic carbocycles. The summed E-state index contributed by atoms with van der Waals surface area (Å²) in [5.74, 6) is 1.63. The van der Waals surface area contributed by atoms with Crippen LogP contribution in [0.5, 0.6) is 0 Å². The molecule has 0 atom stereocenters. The Hall–Kier alpha value is -2.33. The quantitative estimate of drug-likeness (QED) is 0.460. The third-order valence-electron chi connectivity index (χ3n) is 5.23. The van der Waals surface area contributed by atoms with Gasteiger partial charge in [0.25, 0.3) is 0 Å². The Morgan fingerprint density at radius 1 is 0.933 bits per heavy atom. The largest absolute Gasteiger partial charge is 0.353 e. The maximum absolute atomic E-state index is 12.9. The zero-order valence-corrected chi connectivity index (χ0v) is 18.8. The normalized spacial score (nSPS) is 15.7. The number of sulfonamides is 1. The van der Waals surface area contributed by atoms with Gasteiger partial charge in [-0.1, -0.05) is 24.3 Å². The number of hydrogen-bond donors (Lipinski definition) is 0. The second-order valence-electron chi connectivity index (χ2n) is 7.11. The molecule has 0 bridgehead atoms. The second-order valence-corrected chi connectivity index (χ2v) is 10.8. The first-order valence-electron chi connectivity index (χ1n) is 9.64. The maximum atomic E-state index is 12.9. The Kier molecular flexibility index (Phi) is 5.06. The molecule has 0 N–H and O–H groups in total. The molecule has 0 unspecified atom stereocenters. The highest BCUT2D eigenvalue weighted by Gasteiger charge is 2.30. The minimum absolute atomic E-state index is 0.344. The van der Waals surface area contributed by atoms with Gasteiger partial charge in [0.1, 0.15) is 16.5 Å². The first kappa shape index (κ1) is 19.6. The molecule has 30 heavy (non-hydrogen) atoms. The lowest BCUT2D eigenvalue weighted by Gasteiger charge is -2.35. The van der Waals surface area contributed by atoms with E-state index in [4.69, 9.17) is 4.98 Å². The number of aryl methyl sites for hydroxylation is 1. The van der Waals surface area contributed by atoms with Crippen molar-refractivity contribution < 1.29 is 8.42 Å². The maximum Gasteiger partial charge on any atom is 0.243 e. The smallest absolute Gasteiger partial charge is 0.243 e. The van der Waals surface area contributed by atoms with Gasteiger partial charge in [-0.3, -0.25) is 0 Å². The highest BCUT2D eigenvalue weighted by Crippen LogP contribution is 2.40. The molecular weight excluding hydrogens is 436 g/mol. The van der Waals surface area contributed by atoms with Gasteiger partial charge in [0.15, 0.2) is 0 Å². The van der Waals surface area contributed by atoms with E-state index in [0.717, 1.165) is 27.4 Å². The standard InChI is InChI=1S/C21H20N4O2S3/c1-15-22-20(19-17(14-29-21(19)23-15)18-8-5-13-28-18)24-9-11-25(12-10-24)30(26,27)16-6-3-2-4-7-16/h2-8,13-14H,9-12H2,1H3. The predicted molar refractivity (Wildman–Crippen MR) is 123 cm³/mol. The Morgan fingerprint density at radius 3 is 2.40 bits per heavy atom. The van der Waals surface area contributed by atoms with E-state index in [1.165, 1.54) is 4.88 Å². The van der Waals surface area contributed by atoms with Crippen LogP contribution in [0.1, 0.15) is 5.82 Å². The van der Waals surface area contributed by atoms with Crippen LogP contribution in [0.3, 0.4) is 0 Å². The zero-order valence-electron chi connectivity index (χ0n) is 16.4. The molecule has 0 radical (unpaired) electrons. The number of anilines is 1. The fourth-order valence-corrected chi connectivity index (χ4v) is 7.00. The summed E-state index contributed by atoms with van der Waals surface area (Å²) in [7, 11) is -3.47. The third-order valence-corrected chi connectivity index (χ3v) is 8.92. The average molecular weight is 457 g/mol. The lowest BCUT2D eigenvalue weighted by atomic mass is 10.2. The summed E-state index contributed by atoms with van der Waals surface area (Å²) < 4.78 is 27.5. The number of hydrogen-bond acceptors (Lipinski definition) is 7. The summed E-state index contributed by atoms with van der Waals surface area (Å²) >= 11 is 3.33. The zero-order chi connectivity index (χ0) is 20.7. The first-order chi connectivity index (χ1) is 14.5. The van der Waals surface area contributed by atoms with Gasteiger partial charge in [-0.2, -0.15) is 4.31 Å². The van der Waals surface area contributed by atoms with Crippen molar-refractivity contribution in [3.05, 3.63) is 59.0 Å². The summed E-state index contributed by atoms with van der Waals surface area (Å²) in [6, 6.07) is 12.8. The molecule has 0 amide bonds. The third kappa shape index (κ3) is 3.41. The molecule has 6 nitrogen and oxygen atoms in total. The summed E-state index contributed by atoms with van der Waals surface area (Å²) in [5, 5.41) is 5.28. The fraction of sp³-hybridized carbons (Fsp3) is 0.238. The van der Waals surface area contributed by atoms with Crippen LogP contribution in [0.15, 0.2) is 58.1 Å². The molecule has 1 aliphatic heterocycles. The Morgan fingerprint density at radius 2 is 1.70 bits per heavy atom. The highest BCUT2D eigenvalue weighted by atomic mass is 32.2. The molecule has 1 aliphatic rings. The number of rotatable bonds is 4. The number of nitrogens with zero attached hydrogens (tertiary/aromatic N) is 4. The Labute approximate surface area is 183 Å². The molecule has 4 heterocycles. The summed E-state index contributed by atoms with van der Waals surface area (Å²) in [6.45, 7) is 3.96. The van der Waals surface area contributed by atoms with E-state index in [1.807, 2.05) is 19.1 Å². The van der Waals surface area contributed by atoms with Crippen LogP contribution in [0.25, 0.3) is 20.7 Å². The number of benzene rings is 1. The van der Waals surface area contributed by atoms with E-state index < -0.39 is 10.0 Å². The van der Waals surface area contributed by atoms with Crippen LogP contribution in [0, 0.1) is 6.92 Å². The average Bonchev–Trinajstić information content (AvgIpc) is 3.43. The SMILES string of the molecule is Cc1nc(N2CCN(S(=O)(=O)c3ccccc3)CC2)c2c(-c3cccs3)csc2n1. The Balaban J connectivity index is 1.46. The lowest BCUT2D eigenvalue weighted by molar-refractivity contribution is 0.384. The van der Waals surface area contributed by atoms with Crippen LogP contribution >= 0.6 is 22.7 Å². The van der Waals surface area contributed by atoms with E-state index in [2.05, 4.69) is 26.7 Å². The Bertz CT molecular complexity index is 1280. The van der Waals surface area contributed by atoms with E-state index in [1.54, 1.807) is 51.2 Å². The van der Waals surface area contributed by atoms with Crippen LogP contribution < -0.4 is 4.90 Å². The van der Waals surface area contributed by atoms with E-state index in [9.17, 15) is 8.42 Å². The predicted octanol–water partition coefficient (Wildman–Crippen LogP) is 4.24. The van der Waals surface area contributed by atoms with Gasteiger partial charge in [0.05, 0.1) is 10.3 Å². The molecule has 0 saturated carbocycles. The minimum atomic E-state index is -3.47. The van der Waals surface area contributed by atoms with Crippen LogP contribution in [-0.4, -0.2) is 48.9 Å². The molecule has 1 saturated heterocycles. The number of aromatic nitrogens is 2. The van der Waals surface area contributed by atoms with Gasteiger partial charge < -0.3 is 4.90 Å². The van der Waals surface area contributed by atoms with Gasteiger partial charge in [-0.05, 0) is 30.5 Å². The van der Waals surface area contributed by atoms with E-state index in [-0.39, 0.29) is 0 Å². The molecule has 9 heteroatoms. The fourth-order valence-electron chi connectivity index (χ4n) is 3.75. The minimum Gasteiger partial charge on any atom is -0.353 e. The van der Waals surface area contributed by atoms with Crippen molar-refractivity contribution in [2.75, 3.05) is 31.1 Å². The lowest BCUT2D eigenvalue weighted by Crippen LogP contribution is -2.49. The number of fused-ring (bicyclic) bond motifs is 1. The summed E-state index contributed by atoms with van der Waals surface area (Å²) in [4.78, 5) is 14.1. The molecule has 154 valence electrons. The summed E-state index contributed by atoms with van der Waals surface area (Å²) in [6.07, 6.45) is 0. The molecule has 4 aromatic rings. The summed E-state index contributed by atoms with van der Waals surface area (Å²) in [5.41, 5.74) is 1.15. The van der Waals surface area contributed by atoms with Crippen LogP contribution in [0.2, 0.25) is 0 Å². The van der Waals surface area contributed by atoms with E-state index in [0.29, 0.717) is 31.1 Å². The van der Waals surface area contributed by atoms with Gasteiger partial charge in [-0.25, -0.2) is 18.4 Å². The van der Waals surface area contributed by atoms with Crippen molar-refractivity contribution in [1.82, 2.24) is 14.3 Å². The van der Waals surface area contributed by atoms with E-state index >= 15 is 0 Å². The van der Waals surface area contributed by atoms with Gasteiger partial charge in [-0.15, -0.1) is 22.7 Å². The monoisotopic (exact) mass is 456 g/mol. The second kappa shape index (κ2) is 7.73. The first-order valence-corrected chi connectivity index (χ1v) is 12.8. The molecule has 1 fully saturated rings. The van der Waals surface area contributed by atoms with Crippen molar-refractivity contribution in [2.24, 2.45) is 0 Å². The highest BCUT2D eigenvalue weighted by molar-refractivity contribution is 7.89.